The molecule has 1 aromatic carbocycles. The predicted octanol–water partition coefficient (Wildman–Crippen LogP) is 3.31. The topological polar surface area (TPSA) is 106 Å². The fourth-order valence-corrected chi connectivity index (χ4v) is 3.24. The van der Waals surface area contributed by atoms with Gasteiger partial charge in [-0.1, -0.05) is 27.5 Å². The minimum atomic E-state index is -2.76. The van der Waals surface area contributed by atoms with Crippen molar-refractivity contribution in [3.8, 4) is 22.8 Å². The van der Waals surface area contributed by atoms with E-state index in [1.807, 2.05) is 0 Å². The molecule has 0 saturated heterocycles. The highest BCUT2D eigenvalue weighted by Gasteiger charge is 2.29. The highest BCUT2D eigenvalue weighted by Crippen LogP contribution is 2.49. The largest absolute Gasteiger partial charge is 0.502 e. The second-order valence-electron chi connectivity index (χ2n) is 5.11. The average Bonchev–Trinajstić information content (AvgIpc) is 2.84. The number of carbonyl (C=O) groups excluding carboxylic acids is 1. The van der Waals surface area contributed by atoms with Gasteiger partial charge in [0.1, 0.15) is 5.82 Å². The van der Waals surface area contributed by atoms with Crippen molar-refractivity contribution in [3.63, 3.8) is 0 Å². The molecule has 11 heteroatoms. The summed E-state index contributed by atoms with van der Waals surface area (Å²) < 4.78 is 47.2. The van der Waals surface area contributed by atoms with Crippen molar-refractivity contribution in [2.75, 3.05) is 6.54 Å². The normalized spacial score (nSPS) is 12.3. The van der Waals surface area contributed by atoms with E-state index in [4.69, 9.17) is 20.8 Å². The molecule has 0 radical (unpaired) electrons. The summed E-state index contributed by atoms with van der Waals surface area (Å²) in [7, 11) is -2.76. The molecule has 1 unspecified atom stereocenters. The molecule has 0 aliphatic carbocycles. The van der Waals surface area contributed by atoms with Crippen LogP contribution in [-0.4, -0.2) is 26.0 Å². The van der Waals surface area contributed by atoms with E-state index in [1.54, 1.807) is 0 Å². The Morgan fingerprint density at radius 2 is 2.19 bits per heavy atom. The van der Waals surface area contributed by atoms with Crippen LogP contribution in [0.5, 0.6) is 11.5 Å². The molecule has 1 aromatic heterocycles. The van der Waals surface area contributed by atoms with E-state index in [9.17, 15) is 22.7 Å². The van der Waals surface area contributed by atoms with Gasteiger partial charge in [-0.3, -0.25) is 4.79 Å². The molecule has 0 aliphatic rings. The standard InChI is InChI=1S/C15H14BrClFNO6S/c1-7(20)24-15-12(21)13(9-3-2-8(18)6-11(9)17)25-14(15)10(16)4-5-19-26(22)23/h2-3,6,10,21,26H,4-5H2,1H3,(H,19,22,23). The Morgan fingerprint density at radius 1 is 1.50 bits per heavy atom. The van der Waals surface area contributed by atoms with Gasteiger partial charge >= 0.3 is 5.97 Å². The predicted molar refractivity (Wildman–Crippen MR) is 96.7 cm³/mol. The zero-order valence-corrected chi connectivity index (χ0v) is 16.5. The zero-order valence-electron chi connectivity index (χ0n) is 13.3. The number of thiol groups is 1. The van der Waals surface area contributed by atoms with Gasteiger partial charge in [-0.2, -0.15) is 0 Å². The molecule has 2 N–H and O–H groups in total. The first-order chi connectivity index (χ1) is 12.2. The lowest BCUT2D eigenvalue weighted by Crippen LogP contribution is -2.14. The van der Waals surface area contributed by atoms with Crippen LogP contribution in [0.15, 0.2) is 22.6 Å². The second-order valence-corrected chi connectivity index (χ2v) is 7.46. The zero-order chi connectivity index (χ0) is 19.4. The maximum Gasteiger partial charge on any atom is 0.308 e. The van der Waals surface area contributed by atoms with Crippen molar-refractivity contribution < 1.29 is 31.9 Å². The molecule has 1 heterocycles. The molecule has 2 rings (SSSR count). The number of alkyl halides is 1. The number of hydrogen-bond acceptors (Lipinski definition) is 6. The molecule has 26 heavy (non-hydrogen) atoms. The molecule has 0 fully saturated rings. The Balaban J connectivity index is 2.45. The Labute approximate surface area is 163 Å². The van der Waals surface area contributed by atoms with Crippen LogP contribution in [0, 0.1) is 5.82 Å². The van der Waals surface area contributed by atoms with Crippen molar-refractivity contribution in [1.29, 1.82) is 0 Å². The molecular weight excluding hydrogens is 457 g/mol. The highest BCUT2D eigenvalue weighted by atomic mass is 79.9. The maximum atomic E-state index is 13.2. The number of hydrogen-bond donors (Lipinski definition) is 3. The summed E-state index contributed by atoms with van der Waals surface area (Å²) >= 11 is 9.29. The smallest absolute Gasteiger partial charge is 0.308 e. The van der Waals surface area contributed by atoms with E-state index < -0.39 is 33.3 Å². The van der Waals surface area contributed by atoms with Gasteiger partial charge in [-0.25, -0.2) is 17.5 Å². The molecule has 0 aliphatic heterocycles. The van der Waals surface area contributed by atoms with E-state index in [2.05, 4.69) is 20.7 Å². The minimum Gasteiger partial charge on any atom is -0.502 e. The van der Waals surface area contributed by atoms with E-state index in [1.165, 1.54) is 6.07 Å². The van der Waals surface area contributed by atoms with Crippen LogP contribution < -0.4 is 9.46 Å². The lowest BCUT2D eigenvalue weighted by Gasteiger charge is -2.08. The molecule has 0 bridgehead atoms. The number of benzene rings is 1. The van der Waals surface area contributed by atoms with Crippen molar-refractivity contribution in [2.45, 2.75) is 18.2 Å². The third kappa shape index (κ3) is 4.97. The summed E-state index contributed by atoms with van der Waals surface area (Å²) in [4.78, 5) is 10.8. The van der Waals surface area contributed by atoms with Gasteiger partial charge in [0.05, 0.1) is 9.85 Å². The second kappa shape index (κ2) is 8.85. The highest BCUT2D eigenvalue weighted by molar-refractivity contribution is 9.09. The molecule has 0 saturated carbocycles. The summed E-state index contributed by atoms with van der Waals surface area (Å²) in [6.45, 7) is 1.23. The van der Waals surface area contributed by atoms with Crippen LogP contribution in [0.1, 0.15) is 23.9 Å². The lowest BCUT2D eigenvalue weighted by atomic mass is 10.1. The van der Waals surface area contributed by atoms with Gasteiger partial charge < -0.3 is 14.3 Å². The van der Waals surface area contributed by atoms with Crippen molar-refractivity contribution in [2.24, 2.45) is 0 Å². The van der Waals surface area contributed by atoms with Crippen LogP contribution in [0.3, 0.4) is 0 Å². The van der Waals surface area contributed by atoms with E-state index >= 15 is 0 Å². The van der Waals surface area contributed by atoms with Crippen molar-refractivity contribution in [3.05, 3.63) is 34.8 Å². The molecule has 7 nitrogen and oxygen atoms in total. The Hall–Kier alpha value is -1.62. The van der Waals surface area contributed by atoms with E-state index in [-0.39, 0.29) is 40.8 Å². The third-order valence-electron chi connectivity index (χ3n) is 3.21. The molecule has 142 valence electrons. The third-order valence-corrected chi connectivity index (χ3v) is 4.88. The molecule has 0 amide bonds. The Kier molecular flexibility index (Phi) is 7.04. The fourth-order valence-electron chi connectivity index (χ4n) is 2.14. The van der Waals surface area contributed by atoms with Crippen molar-refractivity contribution >= 4 is 44.4 Å². The lowest BCUT2D eigenvalue weighted by molar-refractivity contribution is -0.132. The summed E-state index contributed by atoms with van der Waals surface area (Å²) in [6.07, 6.45) is 0.237. The molecule has 1 atom stereocenters. The Bertz CT molecular complexity index is 893. The van der Waals surface area contributed by atoms with Crippen LogP contribution in [0.2, 0.25) is 5.02 Å². The average molecular weight is 471 g/mol. The maximum absolute atomic E-state index is 13.2. The van der Waals surface area contributed by atoms with Gasteiger partial charge in [-0.05, 0) is 24.6 Å². The summed E-state index contributed by atoms with van der Waals surface area (Å²) in [5.41, 5.74) is 0.200. The van der Waals surface area contributed by atoms with Crippen molar-refractivity contribution in [1.82, 2.24) is 4.72 Å². The number of carbonyl (C=O) groups is 1. The van der Waals surface area contributed by atoms with Gasteiger partial charge in [0.15, 0.2) is 11.5 Å². The number of aromatic hydroxyl groups is 1. The quantitative estimate of drug-likeness (QED) is 0.326. The van der Waals surface area contributed by atoms with Gasteiger partial charge in [0.25, 0.3) is 0 Å². The molecular formula is C15H14BrClFNO6S. The number of esters is 1. The first-order valence-corrected chi connectivity index (χ1v) is 9.69. The SMILES string of the molecule is CC(=O)Oc1c(C(Br)CCN[SH](=O)=O)oc(-c2ccc(F)cc2Cl)c1O. The van der Waals surface area contributed by atoms with E-state index in [0.29, 0.717) is 0 Å². The van der Waals surface area contributed by atoms with Crippen LogP contribution in [-0.2, 0) is 15.7 Å². The number of rotatable bonds is 7. The summed E-state index contributed by atoms with van der Waals surface area (Å²) in [5.74, 6) is -2.00. The number of furan rings is 1. The van der Waals surface area contributed by atoms with E-state index in [0.717, 1.165) is 19.1 Å². The number of halogens is 3. The summed E-state index contributed by atoms with van der Waals surface area (Å²) in [5, 5.41) is 10.4. The van der Waals surface area contributed by atoms with Gasteiger partial charge in [0, 0.05) is 19.0 Å². The van der Waals surface area contributed by atoms with Crippen LogP contribution in [0.25, 0.3) is 11.3 Å². The monoisotopic (exact) mass is 469 g/mol. The fraction of sp³-hybridized carbons (Fsp3) is 0.267. The Morgan fingerprint density at radius 3 is 2.77 bits per heavy atom. The first kappa shape index (κ1) is 20.7. The molecule has 2 aromatic rings. The van der Waals surface area contributed by atoms with Gasteiger partial charge in [0.2, 0.25) is 22.4 Å². The minimum absolute atomic E-state index is 0.00823. The first-order valence-electron chi connectivity index (χ1n) is 7.22. The molecule has 0 spiro atoms. The number of ether oxygens (including phenoxy) is 1. The van der Waals surface area contributed by atoms with Gasteiger partial charge in [-0.15, -0.1) is 0 Å². The van der Waals surface area contributed by atoms with Crippen LogP contribution in [0.4, 0.5) is 4.39 Å². The summed E-state index contributed by atoms with van der Waals surface area (Å²) in [6, 6.07) is 3.49. The number of nitrogens with one attached hydrogen (secondary N) is 1. The van der Waals surface area contributed by atoms with Crippen LogP contribution >= 0.6 is 27.5 Å².